The third-order valence-electron chi connectivity index (χ3n) is 1.33. The number of rotatable bonds is 3. The van der Waals surface area contributed by atoms with E-state index in [9.17, 15) is 0 Å². The maximum atomic E-state index is 4.17. The van der Waals surface area contributed by atoms with Gasteiger partial charge in [-0.05, 0) is 5.56 Å². The fraction of sp³-hybridized carbons (Fsp3) is 0.222. The van der Waals surface area contributed by atoms with Gasteiger partial charge in [0.2, 0.25) is 0 Å². The Morgan fingerprint density at radius 3 is 2.64 bits per heavy atom. The van der Waals surface area contributed by atoms with E-state index in [0.29, 0.717) is 0 Å². The van der Waals surface area contributed by atoms with Crippen LogP contribution in [0.4, 0.5) is 0 Å². The third kappa shape index (κ3) is 2.96. The molecule has 0 aromatic heterocycles. The van der Waals surface area contributed by atoms with Gasteiger partial charge in [-0.25, -0.2) is 0 Å². The molecule has 0 fully saturated rings. The van der Waals surface area contributed by atoms with Crippen LogP contribution in [0.2, 0.25) is 0 Å². The van der Waals surface area contributed by atoms with Gasteiger partial charge in [0, 0.05) is 6.21 Å². The minimum Gasteiger partial charge on any atom is -0.356 e. The van der Waals surface area contributed by atoms with Crippen LogP contribution in [-0.2, 0) is 0 Å². The Labute approximate surface area is 66.8 Å². The van der Waals surface area contributed by atoms with Gasteiger partial charge in [0.25, 0.3) is 0 Å². The summed E-state index contributed by atoms with van der Waals surface area (Å²) in [6.45, 7) is 1.68. The van der Waals surface area contributed by atoms with Crippen LogP contribution in [0, 0.1) is 0 Å². The fourth-order valence-electron chi connectivity index (χ4n) is 0.800. The van der Waals surface area contributed by atoms with Gasteiger partial charge in [-0.1, -0.05) is 30.3 Å². The van der Waals surface area contributed by atoms with E-state index in [-0.39, 0.29) is 0 Å². The van der Waals surface area contributed by atoms with Crippen LogP contribution in [0.1, 0.15) is 5.56 Å². The number of nitrogens with zero attached hydrogens (tertiary/aromatic N) is 1. The molecule has 0 atom stereocenters. The Kier molecular flexibility index (Phi) is 3.35. The van der Waals surface area contributed by atoms with Crippen LogP contribution in [0.25, 0.3) is 0 Å². The lowest BCUT2D eigenvalue weighted by Crippen LogP contribution is -2.51. The molecule has 0 amide bonds. The summed E-state index contributed by atoms with van der Waals surface area (Å²) in [7, 11) is 0. The first kappa shape index (κ1) is 7.95. The van der Waals surface area contributed by atoms with Crippen molar-refractivity contribution in [2.24, 2.45) is 4.99 Å². The third-order valence-corrected chi connectivity index (χ3v) is 1.33. The van der Waals surface area contributed by atoms with Crippen molar-refractivity contribution >= 4 is 6.21 Å². The molecule has 0 aliphatic rings. The van der Waals surface area contributed by atoms with E-state index in [1.165, 1.54) is 0 Å². The lowest BCUT2D eigenvalue weighted by Gasteiger charge is -1.88. The van der Waals surface area contributed by atoms with Crippen molar-refractivity contribution in [1.29, 1.82) is 0 Å². The highest BCUT2D eigenvalue weighted by atomic mass is 14.7. The van der Waals surface area contributed by atoms with E-state index >= 15 is 0 Å². The quantitative estimate of drug-likeness (QED) is 0.602. The summed E-state index contributed by atoms with van der Waals surface area (Å²) in [6, 6.07) is 10.1. The molecule has 2 nitrogen and oxygen atoms in total. The fourth-order valence-corrected chi connectivity index (χ4v) is 0.800. The molecular weight excluding hydrogens is 136 g/mol. The minimum absolute atomic E-state index is 0.814. The standard InChI is InChI=1S/C9H12N2/c10-6-7-11-8-9-4-2-1-3-5-9/h1-5,8H,6-7,10H2/p+1. The molecule has 1 aromatic carbocycles. The number of hydrogen-bond donors (Lipinski definition) is 1. The maximum absolute atomic E-state index is 4.17. The number of aliphatic imine (C=N–C) groups is 1. The summed E-state index contributed by atoms with van der Waals surface area (Å²) in [6.07, 6.45) is 1.88. The van der Waals surface area contributed by atoms with Crippen molar-refractivity contribution in [1.82, 2.24) is 0 Å². The highest BCUT2D eigenvalue weighted by Gasteiger charge is 1.81. The van der Waals surface area contributed by atoms with Crippen molar-refractivity contribution in [2.45, 2.75) is 0 Å². The van der Waals surface area contributed by atoms with Crippen molar-refractivity contribution in [3.63, 3.8) is 0 Å². The molecule has 0 saturated heterocycles. The van der Waals surface area contributed by atoms with E-state index in [4.69, 9.17) is 0 Å². The average Bonchev–Trinajstić information content (AvgIpc) is 2.07. The van der Waals surface area contributed by atoms with Crippen LogP contribution in [0.3, 0.4) is 0 Å². The summed E-state index contributed by atoms with van der Waals surface area (Å²) >= 11 is 0. The minimum atomic E-state index is 0.814. The largest absolute Gasteiger partial charge is 0.356 e. The summed E-state index contributed by atoms with van der Waals surface area (Å²) in [5.41, 5.74) is 4.86. The van der Waals surface area contributed by atoms with Crippen LogP contribution in [0.5, 0.6) is 0 Å². The molecule has 0 radical (unpaired) electrons. The van der Waals surface area contributed by atoms with Gasteiger partial charge in [0.05, 0.1) is 13.1 Å². The first-order chi connectivity index (χ1) is 5.43. The first-order valence-electron chi connectivity index (χ1n) is 3.77. The van der Waals surface area contributed by atoms with Gasteiger partial charge >= 0.3 is 0 Å². The van der Waals surface area contributed by atoms with E-state index < -0.39 is 0 Å². The van der Waals surface area contributed by atoms with Crippen molar-refractivity contribution < 1.29 is 5.73 Å². The summed E-state index contributed by atoms with van der Waals surface area (Å²) in [4.78, 5) is 4.17. The van der Waals surface area contributed by atoms with Crippen molar-refractivity contribution in [2.75, 3.05) is 13.1 Å². The van der Waals surface area contributed by atoms with Crippen molar-refractivity contribution in [3.05, 3.63) is 35.9 Å². The molecule has 0 saturated carbocycles. The molecule has 0 aliphatic carbocycles. The number of benzene rings is 1. The van der Waals surface area contributed by atoms with Gasteiger partial charge in [-0.3, -0.25) is 4.99 Å². The monoisotopic (exact) mass is 149 g/mol. The molecule has 58 valence electrons. The highest BCUT2D eigenvalue weighted by molar-refractivity contribution is 5.79. The van der Waals surface area contributed by atoms with Gasteiger partial charge in [-0.2, -0.15) is 0 Å². The molecule has 1 rings (SSSR count). The Bertz CT molecular complexity index is 216. The Hall–Kier alpha value is -1.15. The zero-order valence-corrected chi connectivity index (χ0v) is 6.53. The van der Waals surface area contributed by atoms with E-state index in [0.717, 1.165) is 18.7 Å². The molecule has 0 aliphatic heterocycles. The van der Waals surface area contributed by atoms with Gasteiger partial charge in [-0.15, -0.1) is 0 Å². The zero-order chi connectivity index (χ0) is 7.94. The summed E-state index contributed by atoms with van der Waals surface area (Å²) in [5, 5.41) is 0. The maximum Gasteiger partial charge on any atom is 0.0938 e. The van der Waals surface area contributed by atoms with Gasteiger partial charge in [0.15, 0.2) is 0 Å². The summed E-state index contributed by atoms with van der Waals surface area (Å²) in [5.74, 6) is 0. The lowest BCUT2D eigenvalue weighted by molar-refractivity contribution is -0.363. The zero-order valence-electron chi connectivity index (χ0n) is 6.53. The molecule has 0 bridgehead atoms. The van der Waals surface area contributed by atoms with Gasteiger partial charge < -0.3 is 5.73 Å². The Balaban J connectivity index is 2.50. The van der Waals surface area contributed by atoms with E-state index in [1.54, 1.807) is 0 Å². The van der Waals surface area contributed by atoms with E-state index in [1.807, 2.05) is 36.5 Å². The first-order valence-corrected chi connectivity index (χ1v) is 3.77. The second-order valence-electron chi connectivity index (χ2n) is 2.30. The predicted octanol–water partition coefficient (Wildman–Crippen LogP) is 0.347. The molecule has 0 heterocycles. The smallest absolute Gasteiger partial charge is 0.0938 e. The predicted molar refractivity (Wildman–Crippen MR) is 46.7 cm³/mol. The molecule has 0 unspecified atom stereocenters. The molecule has 1 aromatic rings. The molecule has 2 heteroatoms. The topological polar surface area (TPSA) is 40.0 Å². The molecule has 3 N–H and O–H groups in total. The second kappa shape index (κ2) is 4.63. The average molecular weight is 149 g/mol. The van der Waals surface area contributed by atoms with Gasteiger partial charge in [0.1, 0.15) is 0 Å². The number of hydrogen-bond acceptors (Lipinski definition) is 1. The van der Waals surface area contributed by atoms with E-state index in [2.05, 4.69) is 10.7 Å². The number of quaternary nitrogens is 1. The Morgan fingerprint density at radius 1 is 1.27 bits per heavy atom. The molecule has 11 heavy (non-hydrogen) atoms. The van der Waals surface area contributed by atoms with Crippen molar-refractivity contribution in [3.8, 4) is 0 Å². The molecule has 0 spiro atoms. The van der Waals surface area contributed by atoms with Crippen LogP contribution >= 0.6 is 0 Å². The van der Waals surface area contributed by atoms with Crippen LogP contribution in [-0.4, -0.2) is 19.3 Å². The van der Waals surface area contributed by atoms with Crippen LogP contribution < -0.4 is 5.73 Å². The lowest BCUT2D eigenvalue weighted by atomic mass is 10.2. The Morgan fingerprint density at radius 2 is 2.00 bits per heavy atom. The van der Waals surface area contributed by atoms with Crippen LogP contribution in [0.15, 0.2) is 35.3 Å². The normalized spacial score (nSPS) is 10.6. The highest BCUT2D eigenvalue weighted by Crippen LogP contribution is 1.93. The molecular formula is C9H13N2+. The summed E-state index contributed by atoms with van der Waals surface area (Å²) < 4.78 is 0. The second-order valence-corrected chi connectivity index (χ2v) is 2.30. The SMILES string of the molecule is [NH3+]CCN=Cc1ccccc1.